The molecular formula is C13H22IN3. The summed E-state index contributed by atoms with van der Waals surface area (Å²) in [7, 11) is 4.21. The van der Waals surface area contributed by atoms with Crippen molar-refractivity contribution in [3.63, 3.8) is 0 Å². The maximum Gasteiger partial charge on any atom is 0.0477 e. The number of anilines is 2. The van der Waals surface area contributed by atoms with Gasteiger partial charge in [0.25, 0.3) is 0 Å². The van der Waals surface area contributed by atoms with Crippen LogP contribution in [0.3, 0.4) is 0 Å². The molecule has 0 bridgehead atoms. The zero-order chi connectivity index (χ0) is 13.1. The van der Waals surface area contributed by atoms with Gasteiger partial charge in [0.15, 0.2) is 0 Å². The number of nitrogens with one attached hydrogen (secondary N) is 1. The van der Waals surface area contributed by atoms with Gasteiger partial charge in [0.2, 0.25) is 0 Å². The Kier molecular flexibility index (Phi) is 5.06. The van der Waals surface area contributed by atoms with Crippen LogP contribution in [-0.2, 0) is 0 Å². The maximum absolute atomic E-state index is 5.74. The van der Waals surface area contributed by atoms with Crippen molar-refractivity contribution < 1.29 is 0 Å². The Hall–Kier alpha value is -0.490. The summed E-state index contributed by atoms with van der Waals surface area (Å²) < 4.78 is 1.17. The Bertz CT molecular complexity index is 375. The second-order valence-electron chi connectivity index (χ2n) is 5.49. The molecule has 0 unspecified atom stereocenters. The van der Waals surface area contributed by atoms with Gasteiger partial charge in [0.05, 0.1) is 0 Å². The van der Waals surface area contributed by atoms with Gasteiger partial charge in [-0.15, -0.1) is 0 Å². The molecule has 0 spiro atoms. The SMILES string of the molecule is CN(C)CC(C)(C)CNc1ccc(N)cc1I. The van der Waals surface area contributed by atoms with Crippen molar-refractivity contribution in [2.24, 2.45) is 5.41 Å². The molecule has 0 atom stereocenters. The van der Waals surface area contributed by atoms with Crippen LogP contribution in [0.15, 0.2) is 18.2 Å². The molecule has 1 aromatic carbocycles. The molecule has 0 saturated heterocycles. The first-order valence-corrected chi connectivity index (χ1v) is 6.82. The Morgan fingerprint density at radius 1 is 1.35 bits per heavy atom. The topological polar surface area (TPSA) is 41.3 Å². The van der Waals surface area contributed by atoms with Crippen LogP contribution in [0.1, 0.15) is 13.8 Å². The van der Waals surface area contributed by atoms with E-state index < -0.39 is 0 Å². The highest BCUT2D eigenvalue weighted by Gasteiger charge is 2.18. The van der Waals surface area contributed by atoms with Crippen molar-refractivity contribution in [3.8, 4) is 0 Å². The molecule has 3 nitrogen and oxygen atoms in total. The minimum atomic E-state index is 0.244. The minimum Gasteiger partial charge on any atom is -0.399 e. The number of nitrogen functional groups attached to an aromatic ring is 1. The molecule has 0 amide bonds. The zero-order valence-electron chi connectivity index (χ0n) is 11.0. The van der Waals surface area contributed by atoms with Gasteiger partial charge in [0.1, 0.15) is 0 Å². The van der Waals surface area contributed by atoms with Crippen LogP contribution in [-0.4, -0.2) is 32.1 Å². The number of rotatable bonds is 5. The highest BCUT2D eigenvalue weighted by atomic mass is 127. The smallest absolute Gasteiger partial charge is 0.0477 e. The van der Waals surface area contributed by atoms with E-state index >= 15 is 0 Å². The van der Waals surface area contributed by atoms with Crippen molar-refractivity contribution in [2.45, 2.75) is 13.8 Å². The molecule has 0 aliphatic heterocycles. The molecule has 1 aromatic rings. The fourth-order valence-electron chi connectivity index (χ4n) is 1.92. The second-order valence-corrected chi connectivity index (χ2v) is 6.66. The van der Waals surface area contributed by atoms with Gasteiger partial charge in [-0.1, -0.05) is 13.8 Å². The third kappa shape index (κ3) is 5.12. The van der Waals surface area contributed by atoms with E-state index in [1.807, 2.05) is 18.2 Å². The summed E-state index contributed by atoms with van der Waals surface area (Å²) in [4.78, 5) is 2.22. The molecule has 3 N–H and O–H groups in total. The Morgan fingerprint density at radius 3 is 2.53 bits per heavy atom. The lowest BCUT2D eigenvalue weighted by molar-refractivity contribution is 0.254. The molecule has 17 heavy (non-hydrogen) atoms. The van der Waals surface area contributed by atoms with Crippen LogP contribution in [0, 0.1) is 8.99 Å². The molecule has 4 heteroatoms. The summed E-state index contributed by atoms with van der Waals surface area (Å²) in [6.07, 6.45) is 0. The lowest BCUT2D eigenvalue weighted by atomic mass is 9.93. The Labute approximate surface area is 118 Å². The zero-order valence-corrected chi connectivity index (χ0v) is 13.2. The quantitative estimate of drug-likeness (QED) is 0.636. The summed E-state index contributed by atoms with van der Waals surface area (Å²) in [6.45, 7) is 6.55. The van der Waals surface area contributed by atoms with E-state index in [2.05, 4.69) is 60.8 Å². The molecule has 0 saturated carbocycles. The van der Waals surface area contributed by atoms with Crippen molar-refractivity contribution in [2.75, 3.05) is 38.2 Å². The van der Waals surface area contributed by atoms with Crippen molar-refractivity contribution in [1.82, 2.24) is 4.90 Å². The predicted octanol–water partition coefficient (Wildman–Crippen LogP) is 2.87. The van der Waals surface area contributed by atoms with Gasteiger partial charge in [-0.25, -0.2) is 0 Å². The molecule has 0 heterocycles. The monoisotopic (exact) mass is 347 g/mol. The van der Waals surface area contributed by atoms with Crippen LogP contribution in [0.5, 0.6) is 0 Å². The van der Waals surface area contributed by atoms with Crippen LogP contribution < -0.4 is 11.1 Å². The molecular weight excluding hydrogens is 325 g/mol. The standard InChI is InChI=1S/C13H22IN3/c1-13(2,9-17(3)4)8-16-12-6-5-10(15)7-11(12)14/h5-7,16H,8-9,15H2,1-4H3. The number of hydrogen-bond acceptors (Lipinski definition) is 3. The van der Waals surface area contributed by atoms with Crippen molar-refractivity contribution in [3.05, 3.63) is 21.8 Å². The normalized spacial score (nSPS) is 11.9. The third-order valence-electron chi connectivity index (χ3n) is 2.49. The fraction of sp³-hybridized carbons (Fsp3) is 0.538. The number of halogens is 1. The van der Waals surface area contributed by atoms with E-state index in [0.29, 0.717) is 0 Å². The highest BCUT2D eigenvalue weighted by molar-refractivity contribution is 14.1. The first-order chi connectivity index (χ1) is 7.80. The van der Waals surface area contributed by atoms with E-state index in [9.17, 15) is 0 Å². The van der Waals surface area contributed by atoms with E-state index in [0.717, 1.165) is 24.5 Å². The molecule has 1 rings (SSSR count). The first kappa shape index (κ1) is 14.6. The summed E-state index contributed by atoms with van der Waals surface area (Å²) >= 11 is 2.31. The average Bonchev–Trinajstić information content (AvgIpc) is 2.14. The minimum absolute atomic E-state index is 0.244. The van der Waals surface area contributed by atoms with Crippen molar-refractivity contribution in [1.29, 1.82) is 0 Å². The molecule has 96 valence electrons. The van der Waals surface area contributed by atoms with Crippen LogP contribution in [0.2, 0.25) is 0 Å². The maximum atomic E-state index is 5.74. The second kappa shape index (κ2) is 5.91. The lowest BCUT2D eigenvalue weighted by Gasteiger charge is -2.29. The van der Waals surface area contributed by atoms with Crippen molar-refractivity contribution >= 4 is 34.0 Å². The predicted molar refractivity (Wildman–Crippen MR) is 84.4 cm³/mol. The van der Waals surface area contributed by atoms with E-state index in [-0.39, 0.29) is 5.41 Å². The van der Waals surface area contributed by atoms with Gasteiger partial charge in [-0.05, 0) is 60.3 Å². The third-order valence-corrected chi connectivity index (χ3v) is 3.39. The van der Waals surface area contributed by atoms with Gasteiger partial charge < -0.3 is 16.0 Å². The molecule has 0 aromatic heterocycles. The number of nitrogens with zero attached hydrogens (tertiary/aromatic N) is 1. The number of hydrogen-bond donors (Lipinski definition) is 2. The van der Waals surface area contributed by atoms with E-state index in [1.54, 1.807) is 0 Å². The van der Waals surface area contributed by atoms with Crippen LogP contribution >= 0.6 is 22.6 Å². The number of benzene rings is 1. The fourth-order valence-corrected chi connectivity index (χ4v) is 2.65. The lowest BCUT2D eigenvalue weighted by Crippen LogP contribution is -2.34. The summed E-state index contributed by atoms with van der Waals surface area (Å²) in [5, 5.41) is 3.50. The van der Waals surface area contributed by atoms with Gasteiger partial charge in [-0.3, -0.25) is 0 Å². The average molecular weight is 347 g/mol. The first-order valence-electron chi connectivity index (χ1n) is 5.74. The molecule has 0 aliphatic carbocycles. The highest BCUT2D eigenvalue weighted by Crippen LogP contribution is 2.23. The number of nitrogens with two attached hydrogens (primary N) is 1. The Balaban J connectivity index is 2.61. The van der Waals surface area contributed by atoms with E-state index in [1.165, 1.54) is 3.57 Å². The molecule has 0 fully saturated rings. The summed E-state index contributed by atoms with van der Waals surface area (Å²) in [5.41, 5.74) is 7.95. The van der Waals surface area contributed by atoms with Crippen LogP contribution in [0.25, 0.3) is 0 Å². The Morgan fingerprint density at radius 2 is 2.00 bits per heavy atom. The van der Waals surface area contributed by atoms with E-state index in [4.69, 9.17) is 5.73 Å². The molecule has 0 radical (unpaired) electrons. The molecule has 0 aliphatic rings. The summed E-state index contributed by atoms with van der Waals surface area (Å²) in [5.74, 6) is 0. The van der Waals surface area contributed by atoms with Gasteiger partial charge in [-0.2, -0.15) is 0 Å². The van der Waals surface area contributed by atoms with Crippen LogP contribution in [0.4, 0.5) is 11.4 Å². The van der Waals surface area contributed by atoms with Gasteiger partial charge in [0, 0.05) is 28.0 Å². The largest absolute Gasteiger partial charge is 0.399 e. The summed E-state index contributed by atoms with van der Waals surface area (Å²) in [6, 6.07) is 5.97. The van der Waals surface area contributed by atoms with Gasteiger partial charge >= 0.3 is 0 Å².